The molecule has 152 valence electrons. The molecule has 9 nitrogen and oxygen atoms in total. The van der Waals surface area contributed by atoms with E-state index in [1.165, 1.54) is 0 Å². The molecule has 29 heavy (non-hydrogen) atoms. The van der Waals surface area contributed by atoms with Crippen LogP contribution in [-0.4, -0.2) is 47.1 Å². The fourth-order valence-corrected chi connectivity index (χ4v) is 3.16. The van der Waals surface area contributed by atoms with Gasteiger partial charge in [0.2, 0.25) is 0 Å². The second kappa shape index (κ2) is 8.36. The Morgan fingerprint density at radius 2 is 2.14 bits per heavy atom. The Morgan fingerprint density at radius 1 is 1.31 bits per heavy atom. The number of ether oxygens (including phenoxy) is 1. The normalized spacial score (nSPS) is 13.7. The van der Waals surface area contributed by atoms with E-state index in [9.17, 15) is 4.79 Å². The quantitative estimate of drug-likeness (QED) is 0.568. The molecule has 0 atom stereocenters. The number of hydrogen-bond donors (Lipinski definition) is 2. The highest BCUT2D eigenvalue weighted by atomic mass is 16.5. The molecule has 0 radical (unpaired) electrons. The highest BCUT2D eigenvalue weighted by molar-refractivity contribution is 5.94. The van der Waals surface area contributed by atoms with Gasteiger partial charge in [0, 0.05) is 37.1 Å². The van der Waals surface area contributed by atoms with Crippen molar-refractivity contribution >= 4 is 23.4 Å². The number of amides is 2. The van der Waals surface area contributed by atoms with Crippen molar-refractivity contribution in [3.05, 3.63) is 42.4 Å². The smallest absolute Gasteiger partial charge is 0.321 e. The van der Waals surface area contributed by atoms with Crippen LogP contribution in [0.3, 0.4) is 0 Å². The molecule has 1 aliphatic rings. The number of aryl methyl sites for hydroxylation is 1. The fraction of sp³-hybridized carbons (Fsp3) is 0.350. The number of rotatable bonds is 8. The van der Waals surface area contributed by atoms with Crippen LogP contribution in [0.15, 0.2) is 41.1 Å². The minimum absolute atomic E-state index is 0.0684. The highest BCUT2D eigenvalue weighted by Gasteiger charge is 2.21. The van der Waals surface area contributed by atoms with E-state index in [2.05, 4.69) is 20.7 Å². The molecule has 1 saturated heterocycles. The molecule has 0 spiro atoms. The molecule has 2 aromatic heterocycles. The lowest BCUT2D eigenvalue weighted by Gasteiger charge is -2.14. The molecule has 0 saturated carbocycles. The summed E-state index contributed by atoms with van der Waals surface area (Å²) in [4.78, 5) is 17.8. The second-order valence-corrected chi connectivity index (χ2v) is 6.67. The Morgan fingerprint density at radius 3 is 2.86 bits per heavy atom. The molecule has 1 aliphatic heterocycles. The Hall–Kier alpha value is -3.33. The van der Waals surface area contributed by atoms with Gasteiger partial charge in [0.25, 0.3) is 6.01 Å². The Bertz CT molecular complexity index is 979. The zero-order chi connectivity index (χ0) is 20.2. The van der Waals surface area contributed by atoms with Crippen molar-refractivity contribution < 1.29 is 13.9 Å². The van der Waals surface area contributed by atoms with Crippen molar-refractivity contribution in [1.29, 1.82) is 0 Å². The van der Waals surface area contributed by atoms with Crippen LogP contribution in [0.1, 0.15) is 12.6 Å². The summed E-state index contributed by atoms with van der Waals surface area (Å²) in [7, 11) is 0. The monoisotopic (exact) mass is 396 g/mol. The third-order valence-corrected chi connectivity index (χ3v) is 4.68. The van der Waals surface area contributed by atoms with Gasteiger partial charge in [-0.15, -0.1) is 0 Å². The average Bonchev–Trinajstić information content (AvgIpc) is 3.44. The number of nitrogens with zero attached hydrogens (tertiary/aromatic N) is 4. The van der Waals surface area contributed by atoms with Gasteiger partial charge in [-0.05, 0) is 38.1 Å². The summed E-state index contributed by atoms with van der Waals surface area (Å²) in [6, 6.07) is 7.98. The van der Waals surface area contributed by atoms with Crippen molar-refractivity contribution in [3.63, 3.8) is 0 Å². The molecule has 1 fully saturated rings. The first kappa shape index (κ1) is 19.0. The van der Waals surface area contributed by atoms with E-state index in [0.29, 0.717) is 44.6 Å². The first-order valence-corrected chi connectivity index (χ1v) is 9.64. The largest absolute Gasteiger partial charge is 0.423 e. The summed E-state index contributed by atoms with van der Waals surface area (Å²) in [5.41, 5.74) is 3.44. The van der Waals surface area contributed by atoms with Crippen LogP contribution in [0.2, 0.25) is 0 Å². The SMILES string of the molecule is CCOCCn1cc(Nc2ncc(-c3ccc(N4CCNC4=O)cc3)o2)c(C)n1. The summed E-state index contributed by atoms with van der Waals surface area (Å²) < 4.78 is 13.1. The molecule has 9 heteroatoms. The van der Waals surface area contributed by atoms with Crippen LogP contribution in [0.4, 0.5) is 22.2 Å². The third kappa shape index (κ3) is 4.24. The van der Waals surface area contributed by atoms with Crippen molar-refractivity contribution in [3.8, 4) is 11.3 Å². The molecule has 3 aromatic rings. The predicted molar refractivity (Wildman–Crippen MR) is 109 cm³/mol. The number of carbonyl (C=O) groups is 1. The van der Waals surface area contributed by atoms with Crippen molar-refractivity contribution in [2.45, 2.75) is 20.4 Å². The third-order valence-electron chi connectivity index (χ3n) is 4.68. The van der Waals surface area contributed by atoms with Gasteiger partial charge < -0.3 is 19.8 Å². The van der Waals surface area contributed by atoms with E-state index in [1.54, 1.807) is 11.1 Å². The molecule has 4 rings (SSSR count). The number of benzene rings is 1. The summed E-state index contributed by atoms with van der Waals surface area (Å²) in [5.74, 6) is 0.645. The van der Waals surface area contributed by atoms with Gasteiger partial charge in [0.05, 0.1) is 30.7 Å². The molecule has 2 N–H and O–H groups in total. The molecular formula is C20H24N6O3. The van der Waals surface area contributed by atoms with Crippen LogP contribution >= 0.6 is 0 Å². The van der Waals surface area contributed by atoms with Gasteiger partial charge in [-0.3, -0.25) is 9.58 Å². The van der Waals surface area contributed by atoms with Crippen LogP contribution in [0.5, 0.6) is 0 Å². The minimum Gasteiger partial charge on any atom is -0.423 e. The molecule has 0 bridgehead atoms. The first-order valence-electron chi connectivity index (χ1n) is 9.64. The first-order chi connectivity index (χ1) is 14.1. The fourth-order valence-electron chi connectivity index (χ4n) is 3.16. The number of anilines is 3. The molecular weight excluding hydrogens is 372 g/mol. The van der Waals surface area contributed by atoms with Crippen LogP contribution < -0.4 is 15.5 Å². The van der Waals surface area contributed by atoms with Crippen molar-refractivity contribution in [1.82, 2.24) is 20.1 Å². The van der Waals surface area contributed by atoms with Gasteiger partial charge in [0.15, 0.2) is 5.76 Å². The Kier molecular flexibility index (Phi) is 5.48. The highest BCUT2D eigenvalue weighted by Crippen LogP contribution is 2.27. The second-order valence-electron chi connectivity index (χ2n) is 6.67. The number of carbonyl (C=O) groups excluding carboxylic acids is 1. The average molecular weight is 396 g/mol. The maximum absolute atomic E-state index is 11.8. The zero-order valence-corrected chi connectivity index (χ0v) is 16.5. The standard InChI is InChI=1S/C20H24N6O3/c1-3-28-11-10-25-13-17(14(2)24-25)23-19-22-12-18(29-19)15-4-6-16(7-5-15)26-9-8-21-20(26)27/h4-7,12-13H,3,8-11H2,1-2H3,(H,21,27)(H,22,23). The van der Waals surface area contributed by atoms with E-state index >= 15 is 0 Å². The summed E-state index contributed by atoms with van der Waals surface area (Å²) in [5, 5.41) is 10.4. The number of oxazole rings is 1. The number of nitrogens with one attached hydrogen (secondary N) is 2. The van der Waals surface area contributed by atoms with Gasteiger partial charge in [-0.1, -0.05) is 0 Å². The van der Waals surface area contributed by atoms with Crippen LogP contribution in [-0.2, 0) is 11.3 Å². The van der Waals surface area contributed by atoms with E-state index in [4.69, 9.17) is 9.15 Å². The zero-order valence-electron chi connectivity index (χ0n) is 16.5. The lowest BCUT2D eigenvalue weighted by molar-refractivity contribution is 0.136. The minimum atomic E-state index is -0.0684. The topological polar surface area (TPSA) is 97.5 Å². The van der Waals surface area contributed by atoms with E-state index in [1.807, 2.05) is 49.0 Å². The summed E-state index contributed by atoms with van der Waals surface area (Å²) in [6.07, 6.45) is 3.59. The summed E-state index contributed by atoms with van der Waals surface area (Å²) in [6.45, 7) is 7.24. The lowest BCUT2D eigenvalue weighted by atomic mass is 10.1. The maximum atomic E-state index is 11.8. The van der Waals surface area contributed by atoms with Crippen molar-refractivity contribution in [2.75, 3.05) is 36.5 Å². The van der Waals surface area contributed by atoms with E-state index in [0.717, 1.165) is 22.6 Å². The van der Waals surface area contributed by atoms with Crippen molar-refractivity contribution in [2.24, 2.45) is 0 Å². The molecule has 1 aromatic carbocycles. The Balaban J connectivity index is 1.43. The van der Waals surface area contributed by atoms with E-state index in [-0.39, 0.29) is 6.03 Å². The molecule has 0 unspecified atom stereocenters. The van der Waals surface area contributed by atoms with Gasteiger partial charge >= 0.3 is 6.03 Å². The summed E-state index contributed by atoms with van der Waals surface area (Å²) >= 11 is 0. The van der Waals surface area contributed by atoms with E-state index < -0.39 is 0 Å². The predicted octanol–water partition coefficient (Wildman–Crippen LogP) is 3.16. The maximum Gasteiger partial charge on any atom is 0.321 e. The van der Waals surface area contributed by atoms with Gasteiger partial charge in [-0.25, -0.2) is 9.78 Å². The van der Waals surface area contributed by atoms with Gasteiger partial charge in [-0.2, -0.15) is 5.10 Å². The number of hydrogen-bond acceptors (Lipinski definition) is 6. The Labute approximate surface area is 168 Å². The lowest BCUT2D eigenvalue weighted by Crippen LogP contribution is -2.27. The van der Waals surface area contributed by atoms with Gasteiger partial charge in [0.1, 0.15) is 0 Å². The number of urea groups is 1. The molecule has 3 heterocycles. The molecule has 2 amide bonds. The molecule has 0 aliphatic carbocycles. The van der Waals surface area contributed by atoms with Crippen LogP contribution in [0.25, 0.3) is 11.3 Å². The number of aromatic nitrogens is 3. The van der Waals surface area contributed by atoms with Crippen LogP contribution in [0, 0.1) is 6.92 Å².